The van der Waals surface area contributed by atoms with Crippen molar-refractivity contribution in [1.29, 1.82) is 0 Å². The lowest BCUT2D eigenvalue weighted by atomic mass is 9.85. The van der Waals surface area contributed by atoms with Gasteiger partial charge in [-0.15, -0.1) is 0 Å². The van der Waals surface area contributed by atoms with Gasteiger partial charge in [0.25, 0.3) is 5.91 Å². The Kier molecular flexibility index (Phi) is 9.15. The smallest absolute Gasteiger partial charge is 0.326 e. The van der Waals surface area contributed by atoms with Gasteiger partial charge in [0, 0.05) is 36.5 Å². The summed E-state index contributed by atoms with van der Waals surface area (Å²) < 4.78 is 0. The minimum atomic E-state index is -1.19. The fraction of sp³-hybridized carbons (Fsp3) is 0.296. The third kappa shape index (κ3) is 7.20. The summed E-state index contributed by atoms with van der Waals surface area (Å²) in [6, 6.07) is 12.3. The van der Waals surface area contributed by atoms with E-state index in [4.69, 9.17) is 23.2 Å². The van der Waals surface area contributed by atoms with Crippen molar-refractivity contribution in [2.75, 3.05) is 10.6 Å². The van der Waals surface area contributed by atoms with Crippen molar-refractivity contribution < 1.29 is 19.5 Å². The van der Waals surface area contributed by atoms with Crippen molar-refractivity contribution in [1.82, 2.24) is 15.3 Å². The predicted octanol–water partition coefficient (Wildman–Crippen LogP) is 4.82. The maximum Gasteiger partial charge on any atom is 0.326 e. The zero-order valence-corrected chi connectivity index (χ0v) is 21.9. The summed E-state index contributed by atoms with van der Waals surface area (Å²) >= 11 is 12.1. The van der Waals surface area contributed by atoms with Gasteiger partial charge in [0.1, 0.15) is 6.04 Å². The lowest BCUT2D eigenvalue weighted by Crippen LogP contribution is -2.42. The minimum Gasteiger partial charge on any atom is -0.480 e. The number of carboxylic acid groups (broad SMARTS) is 1. The fourth-order valence-electron chi connectivity index (χ4n) is 4.41. The van der Waals surface area contributed by atoms with Crippen LogP contribution in [0.15, 0.2) is 60.9 Å². The van der Waals surface area contributed by atoms with E-state index in [2.05, 4.69) is 25.9 Å². The van der Waals surface area contributed by atoms with Crippen molar-refractivity contribution in [3.8, 4) is 0 Å². The summed E-state index contributed by atoms with van der Waals surface area (Å²) in [5.74, 6) is -1.40. The van der Waals surface area contributed by atoms with Gasteiger partial charge in [-0.2, -0.15) is 0 Å². The number of halogens is 2. The van der Waals surface area contributed by atoms with Gasteiger partial charge < -0.3 is 21.1 Å². The van der Waals surface area contributed by atoms with Gasteiger partial charge >= 0.3 is 5.97 Å². The van der Waals surface area contributed by atoms with Gasteiger partial charge in [0.2, 0.25) is 11.9 Å². The standard InChI is InChI=1S/C27H27Cl2N5O4/c28-20-3-1-4-21(29)23(20)25(36)34-22(26(37)38)15-16-5-9-18(10-6-16)32-24(35)17-7-11-19(12-8-17)33-27-30-13-2-14-31-27/h1-6,9-10,13-14,17,19,22H,7-8,11-12,15H2,(H,32,35)(H,34,36)(H,37,38)(H,30,31,33)/t17-,19-,22-/m0/s1. The summed E-state index contributed by atoms with van der Waals surface area (Å²) in [5, 5.41) is 18.6. The van der Waals surface area contributed by atoms with Crippen molar-refractivity contribution in [2.24, 2.45) is 5.92 Å². The topological polar surface area (TPSA) is 133 Å². The predicted molar refractivity (Wildman–Crippen MR) is 146 cm³/mol. The summed E-state index contributed by atoms with van der Waals surface area (Å²) in [6.07, 6.45) is 6.61. The number of hydrogen-bond acceptors (Lipinski definition) is 6. The SMILES string of the molecule is O=C(N[C@@H](Cc1ccc(NC(=O)[C@H]2CC[C@H](Nc3ncccn3)CC2)cc1)C(=O)O)c1c(Cl)cccc1Cl. The quantitative estimate of drug-likeness (QED) is 0.297. The first-order valence-electron chi connectivity index (χ1n) is 12.2. The molecule has 0 unspecified atom stereocenters. The second-order valence-corrected chi connectivity index (χ2v) is 9.93. The highest BCUT2D eigenvalue weighted by Crippen LogP contribution is 2.27. The Morgan fingerprint density at radius 2 is 1.55 bits per heavy atom. The third-order valence-corrected chi connectivity index (χ3v) is 7.08. The maximum absolute atomic E-state index is 12.8. The highest BCUT2D eigenvalue weighted by molar-refractivity contribution is 6.39. The van der Waals surface area contributed by atoms with E-state index in [-0.39, 0.29) is 39.9 Å². The van der Waals surface area contributed by atoms with Crippen LogP contribution in [0.3, 0.4) is 0 Å². The normalized spacial score (nSPS) is 17.7. The number of amides is 2. The molecule has 3 aromatic rings. The molecule has 1 atom stereocenters. The molecular weight excluding hydrogens is 529 g/mol. The van der Waals surface area contributed by atoms with E-state index in [9.17, 15) is 19.5 Å². The molecule has 4 N–H and O–H groups in total. The van der Waals surface area contributed by atoms with E-state index < -0.39 is 17.9 Å². The number of carbonyl (C=O) groups is 3. The van der Waals surface area contributed by atoms with E-state index >= 15 is 0 Å². The zero-order valence-electron chi connectivity index (χ0n) is 20.4. The van der Waals surface area contributed by atoms with Crippen molar-refractivity contribution in [3.05, 3.63) is 82.1 Å². The summed E-state index contributed by atoms with van der Waals surface area (Å²) in [7, 11) is 0. The number of aliphatic carboxylic acids is 1. The third-order valence-electron chi connectivity index (χ3n) is 6.45. The second-order valence-electron chi connectivity index (χ2n) is 9.12. The van der Waals surface area contributed by atoms with Crippen LogP contribution in [0.1, 0.15) is 41.6 Å². The van der Waals surface area contributed by atoms with Crippen LogP contribution in [0.4, 0.5) is 11.6 Å². The second kappa shape index (κ2) is 12.7. The lowest BCUT2D eigenvalue weighted by molar-refractivity contribution is -0.139. The number of rotatable bonds is 9. The van der Waals surface area contributed by atoms with Gasteiger partial charge in [-0.25, -0.2) is 14.8 Å². The Balaban J connectivity index is 1.29. The Morgan fingerprint density at radius 1 is 0.921 bits per heavy atom. The monoisotopic (exact) mass is 555 g/mol. The molecule has 11 heteroatoms. The maximum atomic E-state index is 12.8. The van der Waals surface area contributed by atoms with E-state index in [0.29, 0.717) is 17.2 Å². The summed E-state index contributed by atoms with van der Waals surface area (Å²) in [5.41, 5.74) is 1.32. The van der Waals surface area contributed by atoms with Crippen molar-refractivity contribution >= 4 is 52.6 Å². The van der Waals surface area contributed by atoms with Crippen LogP contribution in [0, 0.1) is 5.92 Å². The molecule has 2 aromatic carbocycles. The molecule has 0 radical (unpaired) electrons. The molecule has 1 aromatic heterocycles. The van der Waals surface area contributed by atoms with Gasteiger partial charge in [-0.05, 0) is 61.6 Å². The van der Waals surface area contributed by atoms with E-state index in [1.165, 1.54) is 12.1 Å². The molecule has 4 rings (SSSR count). The van der Waals surface area contributed by atoms with Crippen LogP contribution in [0.5, 0.6) is 0 Å². The van der Waals surface area contributed by atoms with E-state index in [1.54, 1.807) is 48.8 Å². The van der Waals surface area contributed by atoms with Gasteiger partial charge in [0.15, 0.2) is 0 Å². The summed E-state index contributed by atoms with van der Waals surface area (Å²) in [4.78, 5) is 45.6. The number of anilines is 2. The Hall–Kier alpha value is -3.69. The molecule has 198 valence electrons. The highest BCUT2D eigenvalue weighted by Gasteiger charge is 2.27. The average Bonchev–Trinajstić information content (AvgIpc) is 2.90. The molecule has 0 aliphatic heterocycles. The number of carbonyl (C=O) groups excluding carboxylic acids is 2. The van der Waals surface area contributed by atoms with Crippen LogP contribution < -0.4 is 16.0 Å². The Bertz CT molecular complexity index is 1260. The van der Waals surface area contributed by atoms with E-state index in [1.807, 2.05) is 0 Å². The number of carboxylic acids is 1. The van der Waals surface area contributed by atoms with Crippen LogP contribution >= 0.6 is 23.2 Å². The molecule has 1 saturated carbocycles. The van der Waals surface area contributed by atoms with Gasteiger partial charge in [0.05, 0.1) is 15.6 Å². The van der Waals surface area contributed by atoms with Crippen LogP contribution in [0.25, 0.3) is 0 Å². The molecule has 0 saturated heterocycles. The molecule has 1 heterocycles. The molecule has 38 heavy (non-hydrogen) atoms. The molecule has 2 amide bonds. The lowest BCUT2D eigenvalue weighted by Gasteiger charge is -2.28. The number of hydrogen-bond donors (Lipinski definition) is 4. The number of benzene rings is 2. The zero-order chi connectivity index (χ0) is 27.1. The molecule has 1 aliphatic rings. The molecule has 1 aliphatic carbocycles. The first-order chi connectivity index (χ1) is 18.3. The molecule has 9 nitrogen and oxygen atoms in total. The molecule has 0 spiro atoms. The van der Waals surface area contributed by atoms with Gasteiger partial charge in [-0.3, -0.25) is 9.59 Å². The van der Waals surface area contributed by atoms with Crippen molar-refractivity contribution in [2.45, 2.75) is 44.2 Å². The van der Waals surface area contributed by atoms with Crippen LogP contribution in [-0.2, 0) is 16.0 Å². The number of nitrogens with zero attached hydrogens (tertiary/aromatic N) is 2. The molecular formula is C27H27Cl2N5O4. The highest BCUT2D eigenvalue weighted by atomic mass is 35.5. The number of aromatic nitrogens is 2. The van der Waals surface area contributed by atoms with Gasteiger partial charge in [-0.1, -0.05) is 41.4 Å². The number of nitrogens with one attached hydrogen (secondary N) is 3. The largest absolute Gasteiger partial charge is 0.480 e. The molecule has 1 fully saturated rings. The molecule has 0 bridgehead atoms. The Labute approximate surface area is 230 Å². The fourth-order valence-corrected chi connectivity index (χ4v) is 4.97. The summed E-state index contributed by atoms with van der Waals surface area (Å²) in [6.45, 7) is 0. The minimum absolute atomic E-state index is 0.0263. The van der Waals surface area contributed by atoms with E-state index in [0.717, 1.165) is 25.7 Å². The van der Waals surface area contributed by atoms with Crippen LogP contribution in [-0.4, -0.2) is 44.9 Å². The van der Waals surface area contributed by atoms with Crippen molar-refractivity contribution in [3.63, 3.8) is 0 Å². The first-order valence-corrected chi connectivity index (χ1v) is 13.0. The first kappa shape index (κ1) is 27.3. The Morgan fingerprint density at radius 3 is 2.16 bits per heavy atom. The van der Waals surface area contributed by atoms with Crippen LogP contribution in [0.2, 0.25) is 10.0 Å². The average molecular weight is 556 g/mol.